The van der Waals surface area contributed by atoms with Crippen LogP contribution in [0, 0.1) is 0 Å². The number of carbonyl (C=O) groups is 4. The predicted molar refractivity (Wildman–Crippen MR) is 364 cm³/mol. The number of H-pyrrole nitrogens is 4. The van der Waals surface area contributed by atoms with Gasteiger partial charge in [-0.2, -0.15) is 34.3 Å². The molecule has 96 heavy (non-hydrogen) atoms. The number of methoxy groups -OCH3 is 4. The van der Waals surface area contributed by atoms with Gasteiger partial charge in [0.2, 0.25) is 24.4 Å². The minimum atomic E-state index is -0.995. The first kappa shape index (κ1) is 81.7. The number of nitrogens with one attached hydrogen (secondary N) is 8. The fraction of sp³-hybridized carbons (Fsp3) is 0.0625. The molecule has 0 saturated heterocycles. The molecule has 24 nitrogen and oxygen atoms in total. The number of hydrogen-bond acceptors (Lipinski definition) is 16. The van der Waals surface area contributed by atoms with E-state index in [2.05, 4.69) is 192 Å². The summed E-state index contributed by atoms with van der Waals surface area (Å²) in [5.74, 6) is 0. The molecule has 4 amide bonds. The molecule has 4 heterocycles. The van der Waals surface area contributed by atoms with Gasteiger partial charge in [0.15, 0.2) is 0 Å². The maximum absolute atomic E-state index is 10.7. The number of hydrogen-bond donors (Lipinski definition) is 4. The van der Waals surface area contributed by atoms with Gasteiger partial charge in [0.25, 0.3) is 0 Å². The number of ether oxygens (including phenoxy) is 4. The van der Waals surface area contributed by atoms with E-state index < -0.39 is 24.4 Å². The van der Waals surface area contributed by atoms with E-state index in [0.29, 0.717) is 22.3 Å². The van der Waals surface area contributed by atoms with Crippen LogP contribution in [0.25, 0.3) is 134 Å². The number of nitrogens with zero attached hydrogens (tertiary/aromatic N) is 4. The summed E-state index contributed by atoms with van der Waals surface area (Å²) in [4.78, 5) is 110. The third kappa shape index (κ3) is 24.0. The summed E-state index contributed by atoms with van der Waals surface area (Å²) in [6.07, 6.45) is -0.485. The van der Waals surface area contributed by atoms with Gasteiger partial charge in [-0.25, -0.2) is 44.0 Å². The van der Waals surface area contributed by atoms with Gasteiger partial charge in [-0.3, -0.25) is 19.2 Å². The fourth-order valence-electron chi connectivity index (χ4n) is 8.65. The van der Waals surface area contributed by atoms with E-state index >= 15 is 0 Å². The van der Waals surface area contributed by atoms with E-state index in [1.54, 1.807) is 12.4 Å². The van der Waals surface area contributed by atoms with Crippen molar-refractivity contribution >= 4 is 127 Å². The monoisotopic (exact) mass is 1510 g/mol. The molecule has 4 aromatic heterocycles. The average Bonchev–Trinajstić information content (AvgIpc) is 1.65. The van der Waals surface area contributed by atoms with Gasteiger partial charge in [0.1, 0.15) is 0 Å². The molecule has 8 N–H and O–H groups in total. The first-order chi connectivity index (χ1) is 44.5. The summed E-state index contributed by atoms with van der Waals surface area (Å²) in [6.45, 7) is 0. The van der Waals surface area contributed by atoms with Gasteiger partial charge in [0.05, 0.1) is 96.5 Å². The zero-order valence-corrected chi connectivity index (χ0v) is 60.2. The Bertz CT molecular complexity index is 4340. The molecular formula is C64H52N12O12P4V4. The zero-order chi connectivity index (χ0) is 66.1. The Morgan fingerprint density at radius 3 is 0.802 bits per heavy atom. The van der Waals surface area contributed by atoms with Crippen LogP contribution in [-0.4, -0.2) is 117 Å². The van der Waals surface area contributed by atoms with Crippen LogP contribution in [0.5, 0.6) is 0 Å². The Labute approximate surface area is 604 Å². The van der Waals surface area contributed by atoms with Crippen LogP contribution in [0.4, 0.5) is 19.2 Å². The molecule has 4 radical (unpaired) electrons. The standard InChI is InChI=1S/2C28H18N4O2P2.4C2H5NO2.4V/c33-15-35-27-29-14-26(32-27)19-5-1-18(2-6-19)23-11-20-7-3-17(4-8-21(20)12-23)22-9-10-24-25(13-22)31-28(30-24)36-16-34;33-15-35-27-29-14-26(32-27)19-5-7-20-11-23(12-21(20)8-6-19)18-3-1-17(2-4-18)22-9-10-24-25(13-22)31-28(30-24)36-16-34;4*1-5-2(3)4;;;;/h2*1-14,35-36H,(H,29,32)(H,30,31);4*1H3,(H2,3,4);;;;/q2*-2;;;;;4*+2/p-4. The van der Waals surface area contributed by atoms with Crippen molar-refractivity contribution in [1.82, 2.24) is 39.9 Å². The van der Waals surface area contributed by atoms with Crippen LogP contribution in [-0.2, 0) is 112 Å². The van der Waals surface area contributed by atoms with Crippen molar-refractivity contribution < 1.29 is 132 Å². The number of imidazole rings is 4. The SMILES string of the molecule is COC([NH-])=O.COC([NH-])=O.COC([NH-])=O.COC([NH-])=O.O=[C-]Pc1ncc(-c2ccc(-c3cc4ccc(-c5ccc6nc(P[C-]=O)[nH]c6c5)ccc-4c3)cc2)[nH]1.O=[C-]Pc1ncc(-c2ccc3cc(-c4ccc(-c5ccc6nc(P[C-]=O)[nH]c6c5)cc4)cc-3cc2)[nH]1.[V+2].[V+2].[V+2].[V+2]. The smallest absolute Gasteiger partial charge is 0.632 e. The van der Waals surface area contributed by atoms with Crippen LogP contribution >= 0.6 is 34.3 Å². The summed E-state index contributed by atoms with van der Waals surface area (Å²) >= 11 is 0. The fourth-order valence-corrected chi connectivity index (χ4v) is 10.4. The molecule has 0 fully saturated rings. The average molecular weight is 1510 g/mol. The van der Waals surface area contributed by atoms with Gasteiger partial charge in [0, 0.05) is 0 Å². The molecule has 0 bridgehead atoms. The third-order valence-electron chi connectivity index (χ3n) is 12.9. The van der Waals surface area contributed by atoms with Crippen molar-refractivity contribution in [3.05, 3.63) is 193 Å². The van der Waals surface area contributed by atoms with Gasteiger partial charge in [-0.05, 0) is 126 Å². The van der Waals surface area contributed by atoms with Crippen LogP contribution in [0.1, 0.15) is 0 Å². The predicted octanol–water partition coefficient (Wildman–Crippen LogP) is 13.5. The molecule has 480 valence electrons. The molecule has 0 saturated carbocycles. The molecule has 4 unspecified atom stereocenters. The molecule has 4 atom stereocenters. The van der Waals surface area contributed by atoms with E-state index in [1.807, 2.05) is 48.4 Å². The summed E-state index contributed by atoms with van der Waals surface area (Å²) in [7, 11) is 4.30. The van der Waals surface area contributed by atoms with E-state index in [9.17, 15) is 38.4 Å². The van der Waals surface area contributed by atoms with E-state index in [0.717, 1.165) is 140 Å². The number of fused-ring (bicyclic) bond motifs is 4. The Kier molecular flexibility index (Phi) is 35.3. The van der Waals surface area contributed by atoms with Crippen molar-refractivity contribution in [1.29, 1.82) is 0 Å². The maximum atomic E-state index is 10.7. The molecule has 4 aromatic carbocycles. The van der Waals surface area contributed by atoms with Crippen molar-refractivity contribution in [3.63, 3.8) is 0 Å². The molecular weight excluding hydrogens is 1460 g/mol. The molecule has 8 aromatic rings. The third-order valence-corrected chi connectivity index (χ3v) is 15.3. The van der Waals surface area contributed by atoms with Crippen molar-refractivity contribution in [3.8, 4) is 89.3 Å². The quantitative estimate of drug-likeness (QED) is 0.0446. The number of amides is 4. The van der Waals surface area contributed by atoms with Crippen LogP contribution in [0.2, 0.25) is 0 Å². The second kappa shape index (κ2) is 41.4. The number of rotatable bonds is 14. The Balaban J connectivity index is 0.000000378. The summed E-state index contributed by atoms with van der Waals surface area (Å²) < 4.78 is 15.1. The van der Waals surface area contributed by atoms with E-state index in [4.69, 9.17) is 22.9 Å². The Morgan fingerprint density at radius 1 is 0.323 bits per heavy atom. The second-order valence-corrected chi connectivity index (χ2v) is 22.2. The van der Waals surface area contributed by atoms with Gasteiger partial charge in [-0.15, -0.1) is 0 Å². The van der Waals surface area contributed by atoms with Crippen LogP contribution in [0.3, 0.4) is 0 Å². The van der Waals surface area contributed by atoms with Crippen molar-refractivity contribution in [2.45, 2.75) is 0 Å². The van der Waals surface area contributed by atoms with Gasteiger partial charge in [-0.1, -0.05) is 109 Å². The first-order valence-electron chi connectivity index (χ1n) is 26.6. The molecule has 0 spiro atoms. The topological polar surface area (TPSA) is 383 Å². The molecule has 32 heteroatoms. The number of benzene rings is 4. The molecule has 0 aliphatic heterocycles. The largest absolute Gasteiger partial charge is 2.00 e. The van der Waals surface area contributed by atoms with Crippen molar-refractivity contribution in [2.24, 2.45) is 0 Å². The molecule has 12 rings (SSSR count). The molecule has 4 aliphatic carbocycles. The summed E-state index contributed by atoms with van der Waals surface area (Å²) in [5, 5.41) is 0. The minimum Gasteiger partial charge on any atom is -0.632 e. The summed E-state index contributed by atoms with van der Waals surface area (Å²) in [6, 6.07) is 62.2. The van der Waals surface area contributed by atoms with E-state index in [1.165, 1.54) is 0 Å². The maximum Gasteiger partial charge on any atom is 2.00 e. The van der Waals surface area contributed by atoms with Gasteiger partial charge >= 0.3 is 74.2 Å². The van der Waals surface area contributed by atoms with Crippen LogP contribution in [0.15, 0.2) is 170 Å². The zero-order valence-electron chi connectivity index (χ0n) is 50.6. The van der Waals surface area contributed by atoms with Crippen molar-refractivity contribution in [2.75, 3.05) is 28.4 Å². The van der Waals surface area contributed by atoms with Gasteiger partial charge < -0.3 is 81.0 Å². The molecule has 4 aliphatic rings. The van der Waals surface area contributed by atoms with Crippen LogP contribution < -0.4 is 22.3 Å². The number of aromatic nitrogens is 8. The second-order valence-electron chi connectivity index (χ2n) is 18.5. The minimum absolute atomic E-state index is 0. The number of aromatic amines is 4. The summed E-state index contributed by atoms with van der Waals surface area (Å²) in [5.41, 5.74) is 47.4. The normalized spacial score (nSPS) is 10.3. The van der Waals surface area contributed by atoms with E-state index in [-0.39, 0.29) is 109 Å². The Morgan fingerprint density at radius 2 is 0.542 bits per heavy atom. The Hall–Kier alpha value is -8.54. The number of carbonyl (C=O) groups excluding carboxylic acids is 8. The first-order valence-corrected chi connectivity index (χ1v) is 30.6.